The minimum atomic E-state index is -3.92. The first kappa shape index (κ1) is 54.8. The minimum Gasteiger partial charge on any atom is -0.461 e. The number of ketones is 1. The maximum absolute atomic E-state index is 13.6. The molecule has 7 heterocycles. The zero-order chi connectivity index (χ0) is 50.9. The van der Waals surface area contributed by atoms with Crippen molar-refractivity contribution in [1.29, 1.82) is 0 Å². The van der Waals surface area contributed by atoms with Crippen LogP contribution in [-0.2, 0) is 43.8 Å². The van der Waals surface area contributed by atoms with Gasteiger partial charge in [-0.15, -0.1) is 22.7 Å². The lowest BCUT2D eigenvalue weighted by Gasteiger charge is -2.35. The molecule has 0 bridgehead atoms. The molecule has 2 saturated carbocycles. The number of ether oxygens (including phenoxy) is 4. The number of hydrogen-bond donors (Lipinski definition) is 0. The van der Waals surface area contributed by atoms with Crippen LogP contribution in [0.5, 0.6) is 0 Å². The largest absolute Gasteiger partial charge is 0.461 e. The van der Waals surface area contributed by atoms with Gasteiger partial charge >= 0.3 is 11.9 Å². The number of esters is 2. The first-order chi connectivity index (χ1) is 35.3. The number of fused-ring (bicyclic) bond motifs is 2. The highest BCUT2D eigenvalue weighted by molar-refractivity contribution is 7.90. The Labute approximate surface area is 444 Å². The van der Waals surface area contributed by atoms with Crippen molar-refractivity contribution in [1.82, 2.24) is 27.9 Å². The molecule has 394 valence electrons. The molecule has 0 N–H and O–H groups in total. The number of thiazole rings is 2. The fourth-order valence-electron chi connectivity index (χ4n) is 9.64. The smallest absolute Gasteiger partial charge is 0.367 e. The predicted octanol–water partition coefficient (Wildman–Crippen LogP) is 11.0. The molecule has 1 saturated heterocycles. The van der Waals surface area contributed by atoms with Gasteiger partial charge in [-0.05, 0) is 98.9 Å². The molecule has 75 heavy (non-hydrogen) atoms. The summed E-state index contributed by atoms with van der Waals surface area (Å²) >= 11 is 2.31. The maximum atomic E-state index is 13.6. The van der Waals surface area contributed by atoms with Gasteiger partial charge in [-0.25, -0.2) is 54.3 Å². The monoisotopic (exact) mass is 1090 g/mol. The Balaban J connectivity index is 0.000000195. The molecular formula is C54H58N6O11S4. The lowest BCUT2D eigenvalue weighted by Crippen LogP contribution is -2.34. The molecule has 2 aliphatic carbocycles. The molecule has 1 spiro atoms. The maximum Gasteiger partial charge on any atom is 0.367 e. The molecule has 0 amide bonds. The third-order valence-corrected chi connectivity index (χ3v) is 18.3. The summed E-state index contributed by atoms with van der Waals surface area (Å²) < 4.78 is 78.6. The van der Waals surface area contributed by atoms with E-state index in [1.165, 1.54) is 26.3 Å². The first-order valence-corrected chi connectivity index (χ1v) is 28.6. The van der Waals surface area contributed by atoms with Crippen LogP contribution in [0, 0.1) is 0 Å². The fraction of sp³-hybridized carbons (Fsp3) is 0.352. The predicted molar refractivity (Wildman–Crippen MR) is 287 cm³/mol. The topological polar surface area (TPSA) is 218 Å². The SMILES string of the molecule is C.C.CCOC(=O)c1nc(-c2cn(S(=O)(=O)c3ccccc3)c3ncc(C4CCC(=O)CC4)cc23)cs1.CCOC(=O)c1nc(-c2cn(S(=O)(=O)c3ccccc3)c3ncc(C4CCC5(CC4)OCCO5)cc23)cs1. The average molecular weight is 1100 g/mol. The summed E-state index contributed by atoms with van der Waals surface area (Å²) in [5.41, 5.74) is 4.72. The van der Waals surface area contributed by atoms with Crippen molar-refractivity contribution in [3.8, 4) is 22.5 Å². The van der Waals surface area contributed by atoms with E-state index in [4.69, 9.17) is 18.9 Å². The Bertz CT molecular complexity index is 3570. The Kier molecular flexibility index (Phi) is 16.6. The summed E-state index contributed by atoms with van der Waals surface area (Å²) in [4.78, 5) is 54.6. The molecule has 0 unspecified atom stereocenters. The quantitative estimate of drug-likeness (QED) is 0.104. The lowest BCUT2D eigenvalue weighted by molar-refractivity contribution is -0.178. The molecule has 2 aromatic carbocycles. The van der Waals surface area contributed by atoms with Crippen molar-refractivity contribution in [3.05, 3.63) is 129 Å². The molecule has 17 nitrogen and oxygen atoms in total. The van der Waals surface area contributed by atoms with Crippen LogP contribution in [-0.4, -0.2) is 94.7 Å². The molecular weight excluding hydrogens is 1040 g/mol. The number of aromatic nitrogens is 6. The normalized spacial score (nSPS) is 16.0. The first-order valence-electron chi connectivity index (χ1n) is 24.0. The van der Waals surface area contributed by atoms with Gasteiger partial charge in [0.1, 0.15) is 5.78 Å². The van der Waals surface area contributed by atoms with Crippen molar-refractivity contribution in [2.75, 3.05) is 26.4 Å². The minimum absolute atomic E-state index is 0. The number of Topliss-reactive ketones (excluding diaryl/α,β-unsaturated/α-hetero) is 1. The van der Waals surface area contributed by atoms with Crippen LogP contribution in [0.3, 0.4) is 0 Å². The van der Waals surface area contributed by atoms with Crippen LogP contribution < -0.4 is 0 Å². The highest BCUT2D eigenvalue weighted by Gasteiger charge is 2.41. The van der Waals surface area contributed by atoms with Crippen molar-refractivity contribution in [3.63, 3.8) is 0 Å². The van der Waals surface area contributed by atoms with Crippen LogP contribution in [0.4, 0.5) is 0 Å². The van der Waals surface area contributed by atoms with E-state index in [1.54, 1.807) is 91.7 Å². The molecule has 6 aromatic heterocycles. The summed E-state index contributed by atoms with van der Waals surface area (Å²) in [5, 5.41) is 5.16. The number of nitrogens with zero attached hydrogens (tertiary/aromatic N) is 6. The molecule has 11 rings (SSSR count). The van der Waals surface area contributed by atoms with Crippen molar-refractivity contribution >= 4 is 82.5 Å². The van der Waals surface area contributed by atoms with Crippen LogP contribution in [0.2, 0.25) is 0 Å². The number of hydrogen-bond acceptors (Lipinski definition) is 17. The van der Waals surface area contributed by atoms with Gasteiger partial charge in [0.15, 0.2) is 17.1 Å². The Morgan fingerprint density at radius 2 is 1.07 bits per heavy atom. The molecule has 21 heteroatoms. The van der Waals surface area contributed by atoms with Gasteiger partial charge in [-0.2, -0.15) is 0 Å². The van der Waals surface area contributed by atoms with E-state index >= 15 is 0 Å². The van der Waals surface area contributed by atoms with E-state index in [0.29, 0.717) is 65.0 Å². The fourth-order valence-corrected chi connectivity index (χ4v) is 13.8. The van der Waals surface area contributed by atoms with Gasteiger partial charge in [0.05, 0.1) is 47.6 Å². The number of benzene rings is 2. The van der Waals surface area contributed by atoms with E-state index in [0.717, 1.165) is 72.3 Å². The molecule has 3 fully saturated rings. The van der Waals surface area contributed by atoms with Gasteiger partial charge in [-0.1, -0.05) is 51.3 Å². The Morgan fingerprint density at radius 3 is 1.48 bits per heavy atom. The van der Waals surface area contributed by atoms with Crippen LogP contribution in [0.25, 0.3) is 44.6 Å². The zero-order valence-corrected chi connectivity index (χ0v) is 43.1. The van der Waals surface area contributed by atoms with Crippen molar-refractivity contribution in [2.24, 2.45) is 0 Å². The molecule has 0 atom stereocenters. The Hall–Kier alpha value is -6.49. The van der Waals surface area contributed by atoms with E-state index in [2.05, 4.69) is 19.9 Å². The molecule has 1 aliphatic heterocycles. The van der Waals surface area contributed by atoms with Crippen molar-refractivity contribution < 1.29 is 50.2 Å². The second-order valence-corrected chi connectivity index (χ2v) is 23.2. The number of carbonyl (C=O) groups excluding carboxylic acids is 3. The number of pyridine rings is 2. The van der Waals surface area contributed by atoms with Crippen LogP contribution in [0.15, 0.2) is 118 Å². The summed E-state index contributed by atoms with van der Waals surface area (Å²) in [6.07, 6.45) is 12.5. The summed E-state index contributed by atoms with van der Waals surface area (Å²) in [6, 6.07) is 20.4. The summed E-state index contributed by atoms with van der Waals surface area (Å²) in [5.74, 6) is -0.790. The average Bonchev–Trinajstić information content (AvgIpc) is 4.31. The van der Waals surface area contributed by atoms with E-state index in [-0.39, 0.29) is 71.1 Å². The van der Waals surface area contributed by atoms with Gasteiger partial charge in [0, 0.05) is 83.1 Å². The number of rotatable bonds is 12. The lowest BCUT2D eigenvalue weighted by atomic mass is 9.81. The molecule has 0 radical (unpaired) electrons. The van der Waals surface area contributed by atoms with Gasteiger partial charge in [-0.3, -0.25) is 4.79 Å². The van der Waals surface area contributed by atoms with E-state index in [1.807, 2.05) is 12.1 Å². The Morgan fingerprint density at radius 1 is 0.653 bits per heavy atom. The number of carbonyl (C=O) groups is 3. The van der Waals surface area contributed by atoms with E-state index < -0.39 is 37.8 Å². The van der Waals surface area contributed by atoms with Gasteiger partial charge in [0.2, 0.25) is 10.0 Å². The van der Waals surface area contributed by atoms with Crippen LogP contribution >= 0.6 is 22.7 Å². The van der Waals surface area contributed by atoms with Gasteiger partial charge in [0.25, 0.3) is 20.0 Å². The third-order valence-electron chi connectivity index (χ3n) is 13.4. The highest BCUT2D eigenvalue weighted by Crippen LogP contribution is 2.44. The van der Waals surface area contributed by atoms with E-state index in [9.17, 15) is 31.2 Å². The highest BCUT2D eigenvalue weighted by atomic mass is 32.2. The third kappa shape index (κ3) is 11.0. The molecule has 8 aromatic rings. The summed E-state index contributed by atoms with van der Waals surface area (Å²) in [6.45, 7) is 5.20. The van der Waals surface area contributed by atoms with Crippen molar-refractivity contribution in [2.45, 2.75) is 107 Å². The standard InChI is InChI=1S/C27H27N3O6S2.C25H23N3O5S2.2CH4/c1-2-34-26(31)25-29-23(17-37-25)22-16-30(38(32,33)20-6-4-3-5-7-20)24-21(22)14-19(15-28-24)18-8-10-27(11-9-18)35-12-13-36-27;1-2-33-25(30)24-27-22(15-34-24)21-14-28(35(31,32)19-6-4-3-5-7-19)23-20(21)12-17(13-26-23)16-8-10-18(29)11-9-16;;/h3-7,14-18H,2,8-13H2,1H3;3-7,12-16H,2,8-11H2,1H3;2*1H4. The second kappa shape index (κ2) is 22.8. The van der Waals surface area contributed by atoms with Gasteiger partial charge < -0.3 is 18.9 Å². The van der Waals surface area contributed by atoms with Crippen LogP contribution in [0.1, 0.15) is 123 Å². The summed E-state index contributed by atoms with van der Waals surface area (Å²) in [7, 11) is -7.84. The second-order valence-electron chi connectivity index (χ2n) is 17.8. The molecule has 3 aliphatic rings. The zero-order valence-electron chi connectivity index (χ0n) is 39.8.